The van der Waals surface area contributed by atoms with Crippen molar-refractivity contribution in [1.29, 1.82) is 0 Å². The Kier molecular flexibility index (Phi) is 4.99. The van der Waals surface area contributed by atoms with Crippen LogP contribution in [-0.4, -0.2) is 48.4 Å². The second-order valence-electron chi connectivity index (χ2n) is 7.31. The SMILES string of the molecule is COc1cncc(-c2c(F)cc3[nH]c(-c4ccc(N5CCOCC5)nc4)cc3c2F)c1. The van der Waals surface area contributed by atoms with Gasteiger partial charge in [-0.2, -0.15) is 0 Å². The molecule has 1 N–H and O–H groups in total. The molecular weight excluding hydrogens is 402 g/mol. The Morgan fingerprint density at radius 1 is 1.03 bits per heavy atom. The van der Waals surface area contributed by atoms with Gasteiger partial charge in [-0.1, -0.05) is 0 Å². The molecule has 158 valence electrons. The van der Waals surface area contributed by atoms with Gasteiger partial charge in [-0.15, -0.1) is 0 Å². The number of pyridine rings is 2. The molecule has 6 nitrogen and oxygen atoms in total. The maximum atomic E-state index is 15.3. The summed E-state index contributed by atoms with van der Waals surface area (Å²) < 4.78 is 40.6. The molecule has 0 bridgehead atoms. The number of nitrogens with zero attached hydrogens (tertiary/aromatic N) is 3. The molecule has 0 unspecified atom stereocenters. The van der Waals surface area contributed by atoms with Crippen LogP contribution in [-0.2, 0) is 4.74 Å². The number of fused-ring (bicyclic) bond motifs is 1. The molecule has 0 atom stereocenters. The minimum atomic E-state index is -0.672. The van der Waals surface area contributed by atoms with Crippen molar-refractivity contribution < 1.29 is 18.3 Å². The van der Waals surface area contributed by atoms with Crippen LogP contribution in [0.4, 0.5) is 14.6 Å². The molecule has 1 aliphatic rings. The predicted molar refractivity (Wildman–Crippen MR) is 114 cm³/mol. The number of hydrogen-bond donors (Lipinski definition) is 1. The first-order chi connectivity index (χ1) is 15.1. The van der Waals surface area contributed by atoms with Crippen molar-refractivity contribution in [3.8, 4) is 28.1 Å². The number of H-pyrrole nitrogens is 1. The van der Waals surface area contributed by atoms with Gasteiger partial charge in [-0.05, 0) is 30.3 Å². The fraction of sp³-hybridized carbons (Fsp3) is 0.217. The van der Waals surface area contributed by atoms with E-state index in [4.69, 9.17) is 9.47 Å². The number of ether oxygens (including phenoxy) is 2. The second kappa shape index (κ2) is 7.96. The Bertz CT molecular complexity index is 1230. The average Bonchev–Trinajstić information content (AvgIpc) is 3.24. The van der Waals surface area contributed by atoms with Gasteiger partial charge in [0.25, 0.3) is 0 Å². The van der Waals surface area contributed by atoms with Crippen molar-refractivity contribution in [3.05, 3.63) is 60.6 Å². The van der Waals surface area contributed by atoms with Crippen molar-refractivity contribution in [1.82, 2.24) is 15.0 Å². The molecule has 1 aromatic carbocycles. The maximum Gasteiger partial charge on any atom is 0.143 e. The normalized spacial score (nSPS) is 14.2. The summed E-state index contributed by atoms with van der Waals surface area (Å²) in [5.41, 5.74) is 2.01. The van der Waals surface area contributed by atoms with E-state index in [9.17, 15) is 4.39 Å². The van der Waals surface area contributed by atoms with Crippen LogP contribution in [0.2, 0.25) is 0 Å². The summed E-state index contributed by atoms with van der Waals surface area (Å²) in [5, 5.41) is 0.298. The molecule has 0 spiro atoms. The Balaban J connectivity index is 1.52. The van der Waals surface area contributed by atoms with Gasteiger partial charge in [0.1, 0.15) is 23.2 Å². The Hall–Kier alpha value is -3.52. The fourth-order valence-corrected chi connectivity index (χ4v) is 3.82. The Morgan fingerprint density at radius 2 is 1.87 bits per heavy atom. The lowest BCUT2D eigenvalue weighted by molar-refractivity contribution is 0.122. The average molecular weight is 422 g/mol. The lowest BCUT2D eigenvalue weighted by Crippen LogP contribution is -2.36. The zero-order chi connectivity index (χ0) is 21.4. The first-order valence-corrected chi connectivity index (χ1v) is 9.93. The predicted octanol–water partition coefficient (Wildman–Crippen LogP) is 4.42. The minimum absolute atomic E-state index is 0.134. The molecule has 0 aliphatic carbocycles. The summed E-state index contributed by atoms with van der Waals surface area (Å²) >= 11 is 0. The molecule has 0 radical (unpaired) electrons. The van der Waals surface area contributed by atoms with Crippen LogP contribution in [0.15, 0.2) is 48.9 Å². The van der Waals surface area contributed by atoms with Crippen LogP contribution in [0.25, 0.3) is 33.3 Å². The third-order valence-corrected chi connectivity index (χ3v) is 5.45. The fourth-order valence-electron chi connectivity index (χ4n) is 3.82. The van der Waals surface area contributed by atoms with E-state index in [1.165, 1.54) is 25.6 Å². The van der Waals surface area contributed by atoms with Crippen LogP contribution in [0.5, 0.6) is 5.75 Å². The zero-order valence-corrected chi connectivity index (χ0v) is 16.9. The first kappa shape index (κ1) is 19.4. The lowest BCUT2D eigenvalue weighted by atomic mass is 10.0. The van der Waals surface area contributed by atoms with E-state index < -0.39 is 11.6 Å². The number of methoxy groups -OCH3 is 1. The van der Waals surface area contributed by atoms with Gasteiger partial charge in [0, 0.05) is 47.7 Å². The second-order valence-corrected chi connectivity index (χ2v) is 7.31. The van der Waals surface area contributed by atoms with Gasteiger partial charge in [0.2, 0.25) is 0 Å². The van der Waals surface area contributed by atoms with E-state index >= 15 is 4.39 Å². The van der Waals surface area contributed by atoms with Crippen molar-refractivity contribution in [2.45, 2.75) is 0 Å². The summed E-state index contributed by atoms with van der Waals surface area (Å²) in [7, 11) is 1.48. The topological polar surface area (TPSA) is 63.3 Å². The molecule has 5 rings (SSSR count). The number of hydrogen-bond acceptors (Lipinski definition) is 5. The molecule has 1 fully saturated rings. The van der Waals surface area contributed by atoms with Crippen molar-refractivity contribution in [2.75, 3.05) is 38.3 Å². The van der Waals surface area contributed by atoms with E-state index in [2.05, 4.69) is 19.9 Å². The van der Waals surface area contributed by atoms with Crippen LogP contribution >= 0.6 is 0 Å². The van der Waals surface area contributed by atoms with Crippen molar-refractivity contribution >= 4 is 16.7 Å². The molecule has 31 heavy (non-hydrogen) atoms. The third-order valence-electron chi connectivity index (χ3n) is 5.45. The quantitative estimate of drug-likeness (QED) is 0.528. The van der Waals surface area contributed by atoms with Crippen molar-refractivity contribution in [2.24, 2.45) is 0 Å². The number of benzene rings is 1. The monoisotopic (exact) mass is 422 g/mol. The van der Waals surface area contributed by atoms with Gasteiger partial charge in [-0.3, -0.25) is 4.98 Å². The molecule has 3 aromatic heterocycles. The maximum absolute atomic E-state index is 15.3. The van der Waals surface area contributed by atoms with E-state index in [0.29, 0.717) is 41.1 Å². The third kappa shape index (κ3) is 3.59. The van der Waals surface area contributed by atoms with Crippen LogP contribution in [0.3, 0.4) is 0 Å². The standard InChI is InChI=1S/C23H20F2N4O2/c1-30-16-8-15(11-26-13-16)22-18(24)10-20-17(23(22)25)9-19(28-20)14-2-3-21(27-12-14)29-4-6-31-7-5-29/h2-3,8-13,28H,4-7H2,1H3. The molecule has 0 saturated carbocycles. The van der Waals surface area contributed by atoms with Crippen LogP contribution in [0, 0.1) is 11.6 Å². The van der Waals surface area contributed by atoms with E-state index in [0.717, 1.165) is 24.5 Å². The number of nitrogens with one attached hydrogen (secondary N) is 1. The van der Waals surface area contributed by atoms with Crippen molar-refractivity contribution in [3.63, 3.8) is 0 Å². The molecule has 1 aliphatic heterocycles. The first-order valence-electron chi connectivity index (χ1n) is 9.93. The van der Waals surface area contributed by atoms with Gasteiger partial charge < -0.3 is 19.4 Å². The van der Waals surface area contributed by atoms with Crippen LogP contribution in [0.1, 0.15) is 0 Å². The zero-order valence-electron chi connectivity index (χ0n) is 16.9. The summed E-state index contributed by atoms with van der Waals surface area (Å²) in [4.78, 5) is 13.8. The Morgan fingerprint density at radius 3 is 2.61 bits per heavy atom. The number of aromatic amines is 1. The van der Waals surface area contributed by atoms with Gasteiger partial charge >= 0.3 is 0 Å². The highest BCUT2D eigenvalue weighted by atomic mass is 19.1. The number of anilines is 1. The molecule has 4 aromatic rings. The number of aromatic nitrogens is 3. The molecule has 0 amide bonds. The molecule has 8 heteroatoms. The number of halogens is 2. The molecule has 4 heterocycles. The smallest absolute Gasteiger partial charge is 0.143 e. The van der Waals surface area contributed by atoms with Crippen LogP contribution < -0.4 is 9.64 Å². The minimum Gasteiger partial charge on any atom is -0.495 e. The number of rotatable bonds is 4. The molecule has 1 saturated heterocycles. The summed E-state index contributed by atoms with van der Waals surface area (Å²) in [6, 6.07) is 8.38. The Labute approximate surface area is 177 Å². The summed E-state index contributed by atoms with van der Waals surface area (Å²) in [5.74, 6) is -0.0227. The molecular formula is C23H20F2N4O2. The van der Waals surface area contributed by atoms with E-state index in [1.807, 2.05) is 12.1 Å². The highest BCUT2D eigenvalue weighted by Crippen LogP contribution is 2.35. The van der Waals surface area contributed by atoms with Gasteiger partial charge in [-0.25, -0.2) is 13.8 Å². The highest BCUT2D eigenvalue weighted by Gasteiger charge is 2.19. The lowest BCUT2D eigenvalue weighted by Gasteiger charge is -2.27. The van der Waals surface area contributed by atoms with E-state index in [-0.39, 0.29) is 5.56 Å². The van der Waals surface area contributed by atoms with E-state index in [1.54, 1.807) is 18.3 Å². The largest absolute Gasteiger partial charge is 0.495 e. The van der Waals surface area contributed by atoms with Gasteiger partial charge in [0.05, 0.1) is 37.6 Å². The number of morpholine rings is 1. The summed E-state index contributed by atoms with van der Waals surface area (Å²) in [6.07, 6.45) is 4.63. The summed E-state index contributed by atoms with van der Waals surface area (Å²) in [6.45, 7) is 2.96. The van der Waals surface area contributed by atoms with Gasteiger partial charge in [0.15, 0.2) is 0 Å². The highest BCUT2D eigenvalue weighted by molar-refractivity contribution is 5.90.